The summed E-state index contributed by atoms with van der Waals surface area (Å²) in [5, 5.41) is 29.2. The van der Waals surface area contributed by atoms with E-state index in [2.05, 4.69) is 4.74 Å². The fourth-order valence-electron chi connectivity index (χ4n) is 1.57. The normalized spacial score (nSPS) is 14.1. The zero-order chi connectivity index (χ0) is 13.7. The molecule has 2 unspecified atom stereocenters. The Morgan fingerprint density at radius 3 is 2.67 bits per heavy atom. The van der Waals surface area contributed by atoms with E-state index in [9.17, 15) is 15.0 Å². The van der Waals surface area contributed by atoms with E-state index in [1.807, 2.05) is 0 Å². The van der Waals surface area contributed by atoms with Gasteiger partial charge in [-0.3, -0.25) is 4.79 Å². The molecule has 5 nitrogen and oxygen atoms in total. The highest BCUT2D eigenvalue weighted by molar-refractivity contribution is 6.30. The lowest BCUT2D eigenvalue weighted by Crippen LogP contribution is -2.23. The first-order valence-electron chi connectivity index (χ1n) is 5.31. The van der Waals surface area contributed by atoms with Crippen molar-refractivity contribution in [3.63, 3.8) is 0 Å². The van der Waals surface area contributed by atoms with Gasteiger partial charge < -0.3 is 20.1 Å². The molecule has 0 spiro atoms. The Morgan fingerprint density at radius 1 is 1.44 bits per heavy atom. The third-order valence-corrected chi connectivity index (χ3v) is 2.80. The van der Waals surface area contributed by atoms with Gasteiger partial charge in [-0.05, 0) is 23.3 Å². The van der Waals surface area contributed by atoms with Crippen LogP contribution in [-0.4, -0.2) is 34.5 Å². The smallest absolute Gasteiger partial charge is 0.308 e. The van der Waals surface area contributed by atoms with Crippen molar-refractivity contribution in [2.45, 2.75) is 25.2 Å². The van der Waals surface area contributed by atoms with Gasteiger partial charge in [0.2, 0.25) is 0 Å². The predicted molar refractivity (Wildman–Crippen MR) is 65.0 cm³/mol. The second-order valence-corrected chi connectivity index (χ2v) is 4.23. The molecule has 0 amide bonds. The van der Waals surface area contributed by atoms with Crippen molar-refractivity contribution in [2.24, 2.45) is 0 Å². The number of benzene rings is 1. The zero-order valence-electron chi connectivity index (χ0n) is 9.84. The van der Waals surface area contributed by atoms with Crippen LogP contribution in [0.3, 0.4) is 0 Å². The van der Waals surface area contributed by atoms with Crippen LogP contribution in [0.15, 0.2) is 18.2 Å². The highest BCUT2D eigenvalue weighted by Crippen LogP contribution is 2.25. The number of aliphatic hydroxyl groups excluding tert-OH is 3. The molecule has 0 aliphatic carbocycles. The minimum Gasteiger partial charge on any atom is -0.469 e. The molecule has 18 heavy (non-hydrogen) atoms. The molecule has 0 saturated heterocycles. The number of methoxy groups -OCH3 is 1. The Balaban J connectivity index is 2.89. The Hall–Kier alpha value is -1.14. The molecule has 1 aromatic rings. The monoisotopic (exact) mass is 274 g/mol. The summed E-state index contributed by atoms with van der Waals surface area (Å²) in [6.07, 6.45) is -2.92. The van der Waals surface area contributed by atoms with Gasteiger partial charge >= 0.3 is 5.97 Å². The second-order valence-electron chi connectivity index (χ2n) is 3.79. The molecule has 0 aromatic heterocycles. The van der Waals surface area contributed by atoms with Crippen LogP contribution in [0.25, 0.3) is 0 Å². The molecule has 100 valence electrons. The number of hydrogen-bond acceptors (Lipinski definition) is 5. The highest BCUT2D eigenvalue weighted by Gasteiger charge is 2.23. The first-order chi connectivity index (χ1) is 8.49. The van der Waals surface area contributed by atoms with Crippen LogP contribution in [-0.2, 0) is 16.1 Å². The maximum Gasteiger partial charge on any atom is 0.308 e. The van der Waals surface area contributed by atoms with Gasteiger partial charge in [0.05, 0.1) is 26.2 Å². The molecule has 0 fully saturated rings. The van der Waals surface area contributed by atoms with E-state index in [-0.39, 0.29) is 13.0 Å². The number of carbonyl (C=O) groups excluding carboxylic acids is 1. The van der Waals surface area contributed by atoms with Gasteiger partial charge in [-0.2, -0.15) is 0 Å². The summed E-state index contributed by atoms with van der Waals surface area (Å²) < 4.78 is 4.40. The van der Waals surface area contributed by atoms with E-state index in [4.69, 9.17) is 16.7 Å². The highest BCUT2D eigenvalue weighted by atomic mass is 35.5. The largest absolute Gasteiger partial charge is 0.469 e. The first-order valence-corrected chi connectivity index (χ1v) is 5.69. The fraction of sp³-hybridized carbons (Fsp3) is 0.417. The Labute approximate surface area is 110 Å². The van der Waals surface area contributed by atoms with Crippen molar-refractivity contribution < 1.29 is 24.9 Å². The lowest BCUT2D eigenvalue weighted by atomic mass is 9.97. The molecule has 0 aliphatic heterocycles. The third-order valence-electron chi connectivity index (χ3n) is 2.56. The molecule has 0 bridgehead atoms. The lowest BCUT2D eigenvalue weighted by molar-refractivity contribution is -0.144. The van der Waals surface area contributed by atoms with Crippen LogP contribution in [0, 0.1) is 0 Å². The minimum absolute atomic E-state index is 0.322. The first kappa shape index (κ1) is 14.9. The van der Waals surface area contributed by atoms with E-state index >= 15 is 0 Å². The number of carbonyl (C=O) groups is 1. The summed E-state index contributed by atoms with van der Waals surface area (Å²) in [6, 6.07) is 4.52. The molecule has 0 heterocycles. The summed E-state index contributed by atoms with van der Waals surface area (Å²) in [5.41, 5.74) is 0.734. The second kappa shape index (κ2) is 6.70. The third kappa shape index (κ3) is 3.68. The number of hydrogen-bond donors (Lipinski definition) is 3. The van der Waals surface area contributed by atoms with Crippen molar-refractivity contribution in [2.75, 3.05) is 7.11 Å². The summed E-state index contributed by atoms with van der Waals surface area (Å²) >= 11 is 5.76. The van der Waals surface area contributed by atoms with Crippen molar-refractivity contribution in [1.29, 1.82) is 0 Å². The molecule has 0 aliphatic rings. The van der Waals surface area contributed by atoms with Gasteiger partial charge in [-0.1, -0.05) is 17.7 Å². The molecule has 1 aromatic carbocycles. The van der Waals surface area contributed by atoms with Crippen LogP contribution in [0.1, 0.15) is 23.7 Å². The maximum absolute atomic E-state index is 11.0. The number of halogens is 1. The van der Waals surface area contributed by atoms with Crippen LogP contribution in [0.4, 0.5) is 0 Å². The molecule has 1 rings (SSSR count). The summed E-state index contributed by atoms with van der Waals surface area (Å²) in [6.45, 7) is -0.322. The van der Waals surface area contributed by atoms with Crippen LogP contribution in [0.2, 0.25) is 5.02 Å². The van der Waals surface area contributed by atoms with Crippen LogP contribution < -0.4 is 0 Å². The van der Waals surface area contributed by atoms with Crippen molar-refractivity contribution in [1.82, 2.24) is 0 Å². The number of rotatable bonds is 5. The topological polar surface area (TPSA) is 87.0 Å². The lowest BCUT2D eigenvalue weighted by Gasteiger charge is -2.19. The number of esters is 1. The predicted octanol–water partition coefficient (Wildman–Crippen LogP) is 0.790. The summed E-state index contributed by atoms with van der Waals surface area (Å²) in [7, 11) is 1.20. The maximum atomic E-state index is 11.0. The van der Waals surface area contributed by atoms with Gasteiger partial charge in [0.25, 0.3) is 0 Å². The fourth-order valence-corrected chi connectivity index (χ4v) is 1.77. The standard InChI is InChI=1S/C12H15ClO5/c1-18-11(16)5-10(15)12(17)9-3-2-8(13)4-7(9)6-14/h2-4,10,12,14-15,17H,5-6H2,1H3. The van der Waals surface area contributed by atoms with E-state index < -0.39 is 18.2 Å². The zero-order valence-corrected chi connectivity index (χ0v) is 10.6. The summed E-state index contributed by atoms with van der Waals surface area (Å²) in [4.78, 5) is 11.0. The van der Waals surface area contributed by atoms with E-state index in [0.29, 0.717) is 16.1 Å². The van der Waals surface area contributed by atoms with Crippen LogP contribution >= 0.6 is 11.6 Å². The number of aliphatic hydroxyl groups is 3. The van der Waals surface area contributed by atoms with E-state index in [0.717, 1.165) is 0 Å². The van der Waals surface area contributed by atoms with Gasteiger partial charge in [0.1, 0.15) is 6.10 Å². The van der Waals surface area contributed by atoms with Gasteiger partial charge in [0.15, 0.2) is 0 Å². The van der Waals surface area contributed by atoms with Crippen molar-refractivity contribution in [3.8, 4) is 0 Å². The van der Waals surface area contributed by atoms with Crippen molar-refractivity contribution >= 4 is 17.6 Å². The molecular weight excluding hydrogens is 260 g/mol. The van der Waals surface area contributed by atoms with Gasteiger partial charge in [-0.25, -0.2) is 0 Å². The van der Waals surface area contributed by atoms with E-state index in [1.54, 1.807) is 0 Å². The average Bonchev–Trinajstić information content (AvgIpc) is 2.37. The average molecular weight is 275 g/mol. The molecule has 3 N–H and O–H groups in total. The van der Waals surface area contributed by atoms with Gasteiger partial charge in [0, 0.05) is 5.02 Å². The van der Waals surface area contributed by atoms with Crippen LogP contribution in [0.5, 0.6) is 0 Å². The molecule has 6 heteroatoms. The van der Waals surface area contributed by atoms with Gasteiger partial charge in [-0.15, -0.1) is 0 Å². The molecule has 2 atom stereocenters. The Morgan fingerprint density at radius 2 is 2.11 bits per heavy atom. The Kier molecular flexibility index (Phi) is 5.55. The summed E-state index contributed by atoms with van der Waals surface area (Å²) in [5.74, 6) is -0.624. The Bertz CT molecular complexity index is 421. The van der Waals surface area contributed by atoms with E-state index in [1.165, 1.54) is 25.3 Å². The quantitative estimate of drug-likeness (QED) is 0.691. The van der Waals surface area contributed by atoms with Crippen molar-refractivity contribution in [3.05, 3.63) is 34.3 Å². The molecule has 0 saturated carbocycles. The molecule has 0 radical (unpaired) electrons. The SMILES string of the molecule is COC(=O)CC(O)C(O)c1ccc(Cl)cc1CO. The number of ether oxygens (including phenoxy) is 1. The minimum atomic E-state index is -1.30. The molecular formula is C12H15ClO5.